The van der Waals surface area contributed by atoms with Crippen LogP contribution in [-0.2, 0) is 11.8 Å². The Hall–Kier alpha value is 0.880. The molecule has 0 aromatic rings. The van der Waals surface area contributed by atoms with Crippen molar-refractivity contribution in [1.29, 1.82) is 0 Å². The molecule has 0 aliphatic carbocycles. The molecule has 0 unspecified atom stereocenters. The van der Waals surface area contributed by atoms with Gasteiger partial charge in [0.25, 0.3) is 0 Å². The van der Waals surface area contributed by atoms with Crippen LogP contribution in [-0.4, -0.2) is 26.2 Å². The second kappa shape index (κ2) is 5.52. The molecule has 0 saturated carbocycles. The van der Waals surface area contributed by atoms with Gasteiger partial charge in [-0.2, -0.15) is 11.8 Å². The molecule has 6 heteroatoms. The number of rotatable bonds is 0. The van der Waals surface area contributed by atoms with Crippen molar-refractivity contribution in [2.75, 3.05) is 11.5 Å². The SMILES string of the molecule is C1CCSC1.OP(O)(O)=S. The Morgan fingerprint density at radius 2 is 1.40 bits per heavy atom. The molecule has 1 aliphatic heterocycles. The lowest BCUT2D eigenvalue weighted by Gasteiger charge is -1.88. The Kier molecular flexibility index (Phi) is 6.01. The van der Waals surface area contributed by atoms with Crippen LogP contribution in [0.3, 0.4) is 0 Å². The summed E-state index contributed by atoms with van der Waals surface area (Å²) in [5, 5.41) is 0. The van der Waals surface area contributed by atoms with Crippen LogP contribution >= 0.6 is 18.5 Å². The van der Waals surface area contributed by atoms with Gasteiger partial charge < -0.3 is 14.7 Å². The summed E-state index contributed by atoms with van der Waals surface area (Å²) in [4.78, 5) is 22.7. The first kappa shape index (κ1) is 10.9. The van der Waals surface area contributed by atoms with Gasteiger partial charge >= 0.3 is 6.72 Å². The fourth-order valence-corrected chi connectivity index (χ4v) is 1.53. The van der Waals surface area contributed by atoms with Crippen LogP contribution in [0.1, 0.15) is 12.8 Å². The zero-order chi connectivity index (χ0) is 8.04. The molecule has 62 valence electrons. The summed E-state index contributed by atoms with van der Waals surface area (Å²) in [5.74, 6) is 2.83. The highest BCUT2D eigenvalue weighted by atomic mass is 32.5. The molecule has 0 aromatic carbocycles. The van der Waals surface area contributed by atoms with Gasteiger partial charge in [-0.1, -0.05) is 0 Å². The lowest BCUT2D eigenvalue weighted by Crippen LogP contribution is -1.65. The van der Waals surface area contributed by atoms with Crippen molar-refractivity contribution in [2.24, 2.45) is 0 Å². The normalized spacial score (nSPS) is 17.9. The number of thioether (sulfide) groups is 1. The molecule has 0 atom stereocenters. The summed E-state index contributed by atoms with van der Waals surface area (Å²) in [7, 11) is 0. The van der Waals surface area contributed by atoms with Crippen LogP contribution in [0.5, 0.6) is 0 Å². The predicted octanol–water partition coefficient (Wildman–Crippen LogP) is 0.701. The van der Waals surface area contributed by atoms with Gasteiger partial charge in [-0.25, -0.2) is 0 Å². The Morgan fingerprint density at radius 3 is 1.50 bits per heavy atom. The molecule has 1 aliphatic rings. The molecule has 1 rings (SSSR count). The summed E-state index contributed by atoms with van der Waals surface area (Å²) in [5.41, 5.74) is 0. The number of hydrogen-bond acceptors (Lipinski definition) is 2. The standard InChI is InChI=1S/C4H8S.H3O3PS/c1-2-4-5-3-1;1-4(2,3)5/h1-4H2;(H3,1,2,3,5). The average molecular weight is 202 g/mol. The second-order valence-electron chi connectivity index (χ2n) is 1.83. The van der Waals surface area contributed by atoms with E-state index in [-0.39, 0.29) is 0 Å². The van der Waals surface area contributed by atoms with Gasteiger partial charge in [-0.3, -0.25) is 0 Å². The van der Waals surface area contributed by atoms with Crippen LogP contribution in [0, 0.1) is 0 Å². The van der Waals surface area contributed by atoms with Gasteiger partial charge in [-0.05, 0) is 36.2 Å². The first-order valence-corrected chi connectivity index (χ1v) is 6.68. The van der Waals surface area contributed by atoms with Crippen molar-refractivity contribution in [1.82, 2.24) is 0 Å². The van der Waals surface area contributed by atoms with Crippen molar-refractivity contribution in [2.45, 2.75) is 12.8 Å². The maximum atomic E-state index is 7.56. The topological polar surface area (TPSA) is 60.7 Å². The summed E-state index contributed by atoms with van der Waals surface area (Å²) >= 11 is 5.68. The molecule has 0 amide bonds. The Bertz CT molecular complexity index is 104. The van der Waals surface area contributed by atoms with E-state index in [1.54, 1.807) is 0 Å². The third-order valence-corrected chi connectivity index (χ3v) is 1.98. The minimum atomic E-state index is -3.81. The molecule has 1 heterocycles. The third-order valence-electron chi connectivity index (χ3n) is 0.827. The van der Waals surface area contributed by atoms with E-state index in [1.165, 1.54) is 24.3 Å². The summed E-state index contributed by atoms with van der Waals surface area (Å²) in [6.45, 7) is -3.81. The summed E-state index contributed by atoms with van der Waals surface area (Å²) < 4.78 is 0. The van der Waals surface area contributed by atoms with Crippen LogP contribution in [0.15, 0.2) is 0 Å². The quantitative estimate of drug-likeness (QED) is 0.505. The van der Waals surface area contributed by atoms with E-state index in [2.05, 4.69) is 23.6 Å². The molecular weight excluding hydrogens is 191 g/mol. The van der Waals surface area contributed by atoms with E-state index < -0.39 is 6.72 Å². The lowest BCUT2D eigenvalue weighted by molar-refractivity contribution is 0.363. The molecule has 1 saturated heterocycles. The van der Waals surface area contributed by atoms with Crippen molar-refractivity contribution in [3.8, 4) is 0 Å². The zero-order valence-electron chi connectivity index (χ0n) is 5.43. The number of hydrogen-bond donors (Lipinski definition) is 3. The van der Waals surface area contributed by atoms with Crippen molar-refractivity contribution in [3.63, 3.8) is 0 Å². The fraction of sp³-hybridized carbons (Fsp3) is 1.00. The Morgan fingerprint density at radius 1 is 1.10 bits per heavy atom. The van der Waals surface area contributed by atoms with Gasteiger partial charge in [0.15, 0.2) is 0 Å². The highest BCUT2D eigenvalue weighted by Gasteiger charge is 1.95. The highest BCUT2D eigenvalue weighted by molar-refractivity contribution is 8.06. The molecule has 0 radical (unpaired) electrons. The van der Waals surface area contributed by atoms with Crippen molar-refractivity contribution < 1.29 is 14.7 Å². The maximum absolute atomic E-state index is 7.56. The average Bonchev–Trinajstić information content (AvgIpc) is 2.07. The lowest BCUT2D eigenvalue weighted by atomic mass is 10.4. The minimum absolute atomic E-state index is 1.42. The van der Waals surface area contributed by atoms with Crippen LogP contribution in [0.2, 0.25) is 0 Å². The van der Waals surface area contributed by atoms with E-state index in [0.29, 0.717) is 0 Å². The van der Waals surface area contributed by atoms with Gasteiger partial charge in [0.2, 0.25) is 0 Å². The van der Waals surface area contributed by atoms with Gasteiger partial charge in [0.05, 0.1) is 0 Å². The molecule has 3 nitrogen and oxygen atoms in total. The van der Waals surface area contributed by atoms with E-state index in [4.69, 9.17) is 14.7 Å². The van der Waals surface area contributed by atoms with Crippen LogP contribution in [0.25, 0.3) is 0 Å². The molecule has 3 N–H and O–H groups in total. The summed E-state index contributed by atoms with van der Waals surface area (Å²) in [6, 6.07) is 0. The fourth-order valence-electron chi connectivity index (χ4n) is 0.510. The van der Waals surface area contributed by atoms with E-state index in [1.807, 2.05) is 0 Å². The Labute approximate surface area is 69.7 Å². The largest absolute Gasteiger partial charge is 0.325 e. The highest BCUT2D eigenvalue weighted by Crippen LogP contribution is 2.26. The van der Waals surface area contributed by atoms with Gasteiger partial charge in [0, 0.05) is 0 Å². The Balaban J connectivity index is 0.000000162. The van der Waals surface area contributed by atoms with E-state index >= 15 is 0 Å². The molecule has 1 fully saturated rings. The first-order chi connectivity index (χ1) is 4.50. The van der Waals surface area contributed by atoms with Gasteiger partial charge in [-0.15, -0.1) is 0 Å². The van der Waals surface area contributed by atoms with Crippen LogP contribution < -0.4 is 0 Å². The minimum Gasteiger partial charge on any atom is -0.325 e. The monoisotopic (exact) mass is 202 g/mol. The van der Waals surface area contributed by atoms with E-state index in [0.717, 1.165) is 0 Å². The molecule has 0 spiro atoms. The molecular formula is C4H11O3PS2. The third kappa shape index (κ3) is 15.9. The molecule has 10 heavy (non-hydrogen) atoms. The predicted molar refractivity (Wildman–Crippen MR) is 47.5 cm³/mol. The summed E-state index contributed by atoms with van der Waals surface area (Å²) in [6.07, 6.45) is 2.93. The zero-order valence-corrected chi connectivity index (χ0v) is 7.96. The molecule has 0 bridgehead atoms. The first-order valence-electron chi connectivity index (χ1n) is 2.86. The van der Waals surface area contributed by atoms with Crippen LogP contribution in [0.4, 0.5) is 0 Å². The van der Waals surface area contributed by atoms with Crippen molar-refractivity contribution in [3.05, 3.63) is 0 Å². The molecule has 0 aromatic heterocycles. The van der Waals surface area contributed by atoms with Crippen molar-refractivity contribution >= 4 is 30.3 Å². The second-order valence-corrected chi connectivity index (χ2v) is 5.55. The maximum Gasteiger partial charge on any atom is 0.319 e. The van der Waals surface area contributed by atoms with E-state index in [9.17, 15) is 0 Å². The van der Waals surface area contributed by atoms with Gasteiger partial charge in [0.1, 0.15) is 0 Å². The smallest absolute Gasteiger partial charge is 0.319 e.